The number of rotatable bonds is 2. The first kappa shape index (κ1) is 12.9. The summed E-state index contributed by atoms with van der Waals surface area (Å²) in [5.74, 6) is 0.120. The number of hydrogen-bond acceptors (Lipinski definition) is 2. The first-order valence-electron chi connectivity index (χ1n) is 6.24. The van der Waals surface area contributed by atoms with Crippen molar-refractivity contribution in [2.45, 2.75) is 13.0 Å². The summed E-state index contributed by atoms with van der Waals surface area (Å²) in [7, 11) is 0. The van der Waals surface area contributed by atoms with Crippen molar-refractivity contribution in [2.75, 3.05) is 5.73 Å². The van der Waals surface area contributed by atoms with Crippen LogP contribution in [0, 0.1) is 5.82 Å². The van der Waals surface area contributed by atoms with Crippen molar-refractivity contribution in [3.05, 3.63) is 58.9 Å². The quantitative estimate of drug-likeness (QED) is 0.774. The van der Waals surface area contributed by atoms with Gasteiger partial charge in [-0.1, -0.05) is 23.7 Å². The van der Waals surface area contributed by atoms with E-state index in [2.05, 4.69) is 4.98 Å². The van der Waals surface area contributed by atoms with Crippen LogP contribution in [0.2, 0.25) is 5.02 Å². The maximum absolute atomic E-state index is 13.4. The van der Waals surface area contributed by atoms with E-state index in [9.17, 15) is 4.39 Å². The Morgan fingerprint density at radius 3 is 2.80 bits per heavy atom. The van der Waals surface area contributed by atoms with Gasteiger partial charge >= 0.3 is 0 Å². The number of imidazole rings is 1. The minimum Gasteiger partial charge on any atom is -0.369 e. The van der Waals surface area contributed by atoms with Crippen LogP contribution in [0.5, 0.6) is 0 Å². The molecule has 102 valence electrons. The molecule has 20 heavy (non-hydrogen) atoms. The summed E-state index contributed by atoms with van der Waals surface area (Å²) in [6.07, 6.45) is 0. The zero-order valence-electron chi connectivity index (χ0n) is 10.8. The predicted octanol–water partition coefficient (Wildman–Crippen LogP) is 4.02. The number of anilines is 1. The summed E-state index contributed by atoms with van der Waals surface area (Å²) in [5, 5.41) is 0.616. The van der Waals surface area contributed by atoms with E-state index >= 15 is 0 Å². The zero-order valence-corrected chi connectivity index (χ0v) is 11.6. The zero-order chi connectivity index (χ0) is 14.3. The molecule has 5 heteroatoms. The van der Waals surface area contributed by atoms with Gasteiger partial charge in [-0.2, -0.15) is 0 Å². The normalized spacial score (nSPS) is 12.8. The molecular formula is C15H13ClFN3. The molecule has 1 heterocycles. The molecular weight excluding hydrogens is 277 g/mol. The third kappa shape index (κ3) is 2.12. The molecule has 1 aromatic heterocycles. The Hall–Kier alpha value is -2.07. The topological polar surface area (TPSA) is 43.8 Å². The van der Waals surface area contributed by atoms with Gasteiger partial charge in [0.1, 0.15) is 5.82 Å². The van der Waals surface area contributed by atoms with Crippen LogP contribution in [-0.2, 0) is 0 Å². The highest BCUT2D eigenvalue weighted by atomic mass is 35.5. The Morgan fingerprint density at radius 1 is 1.25 bits per heavy atom. The monoisotopic (exact) mass is 289 g/mol. The lowest BCUT2D eigenvalue weighted by Crippen LogP contribution is -2.10. The van der Waals surface area contributed by atoms with Crippen LogP contribution in [-0.4, -0.2) is 9.55 Å². The van der Waals surface area contributed by atoms with E-state index in [-0.39, 0.29) is 11.9 Å². The Kier molecular flexibility index (Phi) is 3.10. The van der Waals surface area contributed by atoms with Crippen molar-refractivity contribution in [1.82, 2.24) is 9.55 Å². The third-order valence-electron chi connectivity index (χ3n) is 3.40. The molecule has 1 unspecified atom stereocenters. The van der Waals surface area contributed by atoms with Crippen molar-refractivity contribution in [1.29, 1.82) is 0 Å². The smallest absolute Gasteiger partial charge is 0.201 e. The second-order valence-corrected chi connectivity index (χ2v) is 5.14. The van der Waals surface area contributed by atoms with Crippen LogP contribution in [0.3, 0.4) is 0 Å². The highest BCUT2D eigenvalue weighted by Crippen LogP contribution is 2.29. The fraction of sp³-hybridized carbons (Fsp3) is 0.133. The van der Waals surface area contributed by atoms with E-state index in [1.807, 2.05) is 29.7 Å². The summed E-state index contributed by atoms with van der Waals surface area (Å²) >= 11 is 6.03. The highest BCUT2D eigenvalue weighted by molar-refractivity contribution is 6.31. The molecule has 1 atom stereocenters. The van der Waals surface area contributed by atoms with Gasteiger partial charge in [0.2, 0.25) is 5.95 Å². The molecule has 0 fully saturated rings. The molecule has 3 aromatic rings. The largest absolute Gasteiger partial charge is 0.369 e. The number of aromatic nitrogens is 2. The van der Waals surface area contributed by atoms with Gasteiger partial charge in [-0.15, -0.1) is 0 Å². The summed E-state index contributed by atoms with van der Waals surface area (Å²) in [5.41, 5.74) is 8.44. The Morgan fingerprint density at radius 2 is 2.05 bits per heavy atom. The summed E-state index contributed by atoms with van der Waals surface area (Å²) in [6, 6.07) is 11.7. The van der Waals surface area contributed by atoms with Gasteiger partial charge < -0.3 is 10.3 Å². The molecule has 0 saturated heterocycles. The summed E-state index contributed by atoms with van der Waals surface area (Å²) < 4.78 is 15.2. The number of halogens is 2. The highest BCUT2D eigenvalue weighted by Gasteiger charge is 2.16. The minimum atomic E-state index is -0.268. The third-order valence-corrected chi connectivity index (χ3v) is 3.63. The number of nitrogens with zero attached hydrogens (tertiary/aromatic N) is 2. The Balaban J connectivity index is 2.18. The average Bonchev–Trinajstić information content (AvgIpc) is 2.73. The molecule has 3 nitrogen and oxygen atoms in total. The molecule has 0 radical (unpaired) electrons. The fourth-order valence-electron chi connectivity index (χ4n) is 2.41. The van der Waals surface area contributed by atoms with Crippen molar-refractivity contribution in [3.63, 3.8) is 0 Å². The lowest BCUT2D eigenvalue weighted by molar-refractivity contribution is 0.612. The Bertz CT molecular complexity index is 782. The lowest BCUT2D eigenvalue weighted by Gasteiger charge is -2.16. The van der Waals surface area contributed by atoms with Gasteiger partial charge in [0.15, 0.2) is 0 Å². The van der Waals surface area contributed by atoms with Crippen molar-refractivity contribution in [3.8, 4) is 0 Å². The second kappa shape index (κ2) is 4.80. The number of nitrogens with two attached hydrogens (primary N) is 1. The van der Waals surface area contributed by atoms with Gasteiger partial charge in [0.25, 0.3) is 0 Å². The standard InChI is InChI=1S/C15H13ClFN3/c1-9(10-3-2-4-12(17)7-10)20-14-8-11(16)5-6-13(14)19-15(20)18/h2-9H,1H3,(H2,18,19). The maximum Gasteiger partial charge on any atom is 0.201 e. The van der Waals surface area contributed by atoms with Gasteiger partial charge in [0, 0.05) is 5.02 Å². The predicted molar refractivity (Wildman–Crippen MR) is 79.4 cm³/mol. The number of benzene rings is 2. The van der Waals surface area contributed by atoms with Crippen molar-refractivity contribution >= 4 is 28.6 Å². The van der Waals surface area contributed by atoms with Gasteiger partial charge in [-0.25, -0.2) is 9.37 Å². The van der Waals surface area contributed by atoms with Gasteiger partial charge in [0.05, 0.1) is 17.1 Å². The SMILES string of the molecule is CC(c1cccc(F)c1)n1c(N)nc2ccc(Cl)cc21. The molecule has 0 aliphatic carbocycles. The summed E-state index contributed by atoms with van der Waals surface area (Å²) in [6.45, 7) is 1.95. The van der Waals surface area contributed by atoms with Crippen LogP contribution in [0.1, 0.15) is 18.5 Å². The fourth-order valence-corrected chi connectivity index (χ4v) is 2.57. The second-order valence-electron chi connectivity index (χ2n) is 4.70. The van der Waals surface area contributed by atoms with Crippen LogP contribution < -0.4 is 5.73 Å². The molecule has 2 N–H and O–H groups in total. The van der Waals surface area contributed by atoms with E-state index in [0.717, 1.165) is 16.6 Å². The number of fused-ring (bicyclic) bond motifs is 1. The lowest BCUT2D eigenvalue weighted by atomic mass is 10.1. The van der Waals surface area contributed by atoms with Crippen LogP contribution in [0.4, 0.5) is 10.3 Å². The molecule has 0 aliphatic heterocycles. The van der Waals surface area contributed by atoms with E-state index in [0.29, 0.717) is 11.0 Å². The Labute approximate surface area is 120 Å². The van der Waals surface area contributed by atoms with E-state index < -0.39 is 0 Å². The van der Waals surface area contributed by atoms with Crippen molar-refractivity contribution in [2.24, 2.45) is 0 Å². The van der Waals surface area contributed by atoms with Gasteiger partial charge in [-0.3, -0.25) is 0 Å². The van der Waals surface area contributed by atoms with E-state index in [1.54, 1.807) is 12.1 Å². The molecule has 0 spiro atoms. The van der Waals surface area contributed by atoms with Crippen LogP contribution in [0.15, 0.2) is 42.5 Å². The molecule has 0 bridgehead atoms. The molecule has 0 amide bonds. The first-order valence-corrected chi connectivity index (χ1v) is 6.62. The average molecular weight is 290 g/mol. The molecule has 3 rings (SSSR count). The van der Waals surface area contributed by atoms with Crippen molar-refractivity contribution < 1.29 is 4.39 Å². The van der Waals surface area contributed by atoms with Crippen LogP contribution >= 0.6 is 11.6 Å². The maximum atomic E-state index is 13.4. The van der Waals surface area contributed by atoms with Gasteiger partial charge in [-0.05, 0) is 42.8 Å². The van der Waals surface area contributed by atoms with E-state index in [4.69, 9.17) is 17.3 Å². The summed E-state index contributed by atoms with van der Waals surface area (Å²) in [4.78, 5) is 4.31. The first-order chi connectivity index (χ1) is 9.56. The van der Waals surface area contributed by atoms with Crippen LogP contribution in [0.25, 0.3) is 11.0 Å². The molecule has 2 aromatic carbocycles. The minimum absolute atomic E-state index is 0.130. The molecule has 0 saturated carbocycles. The molecule has 0 aliphatic rings. The van der Waals surface area contributed by atoms with E-state index in [1.165, 1.54) is 12.1 Å². The number of hydrogen-bond donors (Lipinski definition) is 1. The number of nitrogen functional groups attached to an aromatic ring is 1.